The predicted molar refractivity (Wildman–Crippen MR) is 111 cm³/mol. The van der Waals surface area contributed by atoms with Crippen LogP contribution < -0.4 is 0 Å². The maximum Gasteiger partial charge on any atom is 0.329 e. The molecule has 0 bridgehead atoms. The van der Waals surface area contributed by atoms with Crippen LogP contribution in [0.4, 0.5) is 0 Å². The Morgan fingerprint density at radius 1 is 0.857 bits per heavy atom. The molecule has 0 atom stereocenters. The van der Waals surface area contributed by atoms with E-state index >= 15 is 0 Å². The third kappa shape index (κ3) is 117. The van der Waals surface area contributed by atoms with Gasteiger partial charge in [-0.05, 0) is 62.3 Å². The minimum Gasteiger partial charge on any atom is -0.480 e. The number of benzene rings is 1. The van der Waals surface area contributed by atoms with Crippen molar-refractivity contribution in [3.05, 3.63) is 36.4 Å². The molecular weight excluding hydrogens is 396 g/mol. The van der Waals surface area contributed by atoms with Gasteiger partial charge in [0.15, 0.2) is 0 Å². The minimum absolute atomic E-state index is 0. The second-order valence-corrected chi connectivity index (χ2v) is 7.15. The summed E-state index contributed by atoms with van der Waals surface area (Å²) in [6, 6.07) is 12.5. The van der Waals surface area contributed by atoms with Crippen LogP contribution in [0.25, 0.3) is 0 Å². The average Bonchev–Trinajstić information content (AvgIpc) is 2.45. The van der Waals surface area contributed by atoms with E-state index in [2.05, 4.69) is 6.07 Å². The monoisotopic (exact) mass is 437 g/mol. The number of hydrogen-bond acceptors (Lipinski definition) is 5. The summed E-state index contributed by atoms with van der Waals surface area (Å²) in [5.41, 5.74) is -0.349. The van der Waals surface area contributed by atoms with Crippen molar-refractivity contribution in [2.24, 2.45) is 0 Å². The van der Waals surface area contributed by atoms with E-state index < -0.39 is 5.97 Å². The molecule has 0 saturated heterocycles. The van der Waals surface area contributed by atoms with Crippen LogP contribution in [0.2, 0.25) is 0 Å². The molecule has 6 nitrogen and oxygen atoms in total. The molecule has 7 heteroatoms. The molecule has 0 aliphatic carbocycles. The fourth-order valence-electron chi connectivity index (χ4n) is 0.620. The van der Waals surface area contributed by atoms with Crippen molar-refractivity contribution in [1.82, 2.24) is 0 Å². The van der Waals surface area contributed by atoms with Gasteiger partial charge in [0.2, 0.25) is 0 Å². The van der Waals surface area contributed by atoms with Gasteiger partial charge in [-0.25, -0.2) is 4.79 Å². The molecule has 0 amide bonds. The van der Waals surface area contributed by atoms with Gasteiger partial charge < -0.3 is 25.2 Å². The molecule has 0 saturated carbocycles. The summed E-state index contributed by atoms with van der Waals surface area (Å²) in [6.45, 7) is 15.6. The van der Waals surface area contributed by atoms with Crippen LogP contribution in [-0.2, 0) is 31.2 Å². The van der Waals surface area contributed by atoms with Crippen molar-refractivity contribution < 1.29 is 51.7 Å². The Morgan fingerprint density at radius 3 is 1.21 bits per heavy atom. The molecule has 0 aliphatic rings. The van der Waals surface area contributed by atoms with Crippen molar-refractivity contribution in [1.29, 1.82) is 0 Å². The number of aliphatic hydroxyl groups excluding tert-OH is 3. The van der Waals surface area contributed by atoms with Gasteiger partial charge in [-0.3, -0.25) is 0 Å². The molecule has 0 spiro atoms. The molecule has 0 radical (unpaired) electrons. The van der Waals surface area contributed by atoms with E-state index in [1.165, 1.54) is 0 Å². The Bertz CT molecular complexity index is 340. The number of aliphatic carboxylic acids is 1. The first-order valence-corrected chi connectivity index (χ1v) is 8.92. The molecular formula is C21H41O6Ti-. The number of rotatable bonds is 2. The van der Waals surface area contributed by atoms with Gasteiger partial charge in [-0.2, -0.15) is 36.4 Å². The molecule has 0 unspecified atom stereocenters. The van der Waals surface area contributed by atoms with E-state index in [1.807, 2.05) is 51.1 Å². The maximum atomic E-state index is 9.92. The Hall–Kier alpha value is -0.756. The summed E-state index contributed by atoms with van der Waals surface area (Å²) in [4.78, 5) is 9.92. The summed E-state index contributed by atoms with van der Waals surface area (Å²) in [5, 5.41) is 32.3. The molecule has 0 heterocycles. The van der Waals surface area contributed by atoms with E-state index in [1.54, 1.807) is 41.5 Å². The molecule has 0 fully saturated rings. The van der Waals surface area contributed by atoms with Crippen molar-refractivity contribution in [3.8, 4) is 0 Å². The summed E-state index contributed by atoms with van der Waals surface area (Å²) in [6.07, 6.45) is -0.500. The predicted octanol–water partition coefficient (Wildman–Crippen LogP) is 3.53. The standard InChI is InChI=1S/C6H12O3.C6H5.3C3H8O.Ti/c1-6(2,3)9-4-5(7)8;1-2-4-6-5-3-1;3*1-3(2)4;/h4H2,1-3H3,(H,7,8);1-5H;3*3-4H,1-2H3;/q;-1;;;;. The number of carboxylic acids is 1. The quantitative estimate of drug-likeness (QED) is 0.417. The fourth-order valence-corrected chi connectivity index (χ4v) is 0.620. The van der Waals surface area contributed by atoms with Crippen LogP contribution in [0.1, 0.15) is 62.3 Å². The van der Waals surface area contributed by atoms with Gasteiger partial charge in [-0.15, -0.1) is 0 Å². The van der Waals surface area contributed by atoms with Crippen LogP contribution in [-0.4, -0.2) is 56.9 Å². The van der Waals surface area contributed by atoms with Crippen molar-refractivity contribution >= 4 is 5.97 Å². The Kier molecular flexibility index (Phi) is 35.5. The maximum absolute atomic E-state index is 9.92. The zero-order valence-corrected chi connectivity index (χ0v) is 20.5. The first-order chi connectivity index (χ1) is 12.1. The minimum atomic E-state index is -0.926. The largest absolute Gasteiger partial charge is 0.480 e. The molecule has 0 aromatic heterocycles. The van der Waals surface area contributed by atoms with E-state index in [-0.39, 0.29) is 52.2 Å². The smallest absolute Gasteiger partial charge is 0.329 e. The summed E-state index contributed by atoms with van der Waals surface area (Å²) < 4.78 is 4.89. The van der Waals surface area contributed by atoms with Crippen molar-refractivity contribution in [2.45, 2.75) is 86.2 Å². The van der Waals surface area contributed by atoms with Gasteiger partial charge in [0, 0.05) is 40.0 Å². The number of aliphatic hydroxyl groups is 3. The van der Waals surface area contributed by atoms with Gasteiger partial charge in [-0.1, -0.05) is 0 Å². The molecule has 1 rings (SSSR count). The van der Waals surface area contributed by atoms with E-state index in [9.17, 15) is 4.79 Å². The van der Waals surface area contributed by atoms with Crippen molar-refractivity contribution in [3.63, 3.8) is 0 Å². The van der Waals surface area contributed by atoms with Gasteiger partial charge in [0.25, 0.3) is 0 Å². The summed E-state index contributed by atoms with van der Waals surface area (Å²) in [7, 11) is 0. The van der Waals surface area contributed by atoms with Crippen LogP contribution in [0.15, 0.2) is 30.3 Å². The molecule has 4 N–H and O–H groups in total. The Balaban J connectivity index is -0.0000000819. The zero-order chi connectivity index (χ0) is 22.5. The summed E-state index contributed by atoms with van der Waals surface area (Å²) in [5.74, 6) is -0.926. The number of carboxylic acid groups (broad SMARTS) is 1. The normalized spacial score (nSPS) is 9.25. The molecule has 28 heavy (non-hydrogen) atoms. The van der Waals surface area contributed by atoms with E-state index in [4.69, 9.17) is 25.2 Å². The zero-order valence-electron chi connectivity index (χ0n) is 18.9. The van der Waals surface area contributed by atoms with E-state index in [0.717, 1.165) is 0 Å². The van der Waals surface area contributed by atoms with Gasteiger partial charge >= 0.3 is 5.97 Å². The fraction of sp³-hybridized carbons (Fsp3) is 0.667. The van der Waals surface area contributed by atoms with Crippen LogP contribution >= 0.6 is 0 Å². The Morgan fingerprint density at radius 2 is 1.14 bits per heavy atom. The topological polar surface area (TPSA) is 107 Å². The second-order valence-electron chi connectivity index (χ2n) is 7.15. The third-order valence-corrected chi connectivity index (χ3v) is 1.24. The Labute approximate surface area is 186 Å². The average molecular weight is 437 g/mol. The first kappa shape index (κ1) is 37.9. The SMILES string of the molecule is CC(C)(C)OCC(=O)O.CC(C)O.CC(C)O.CC(C)O.[Ti].[c-]1ccccc1. The van der Waals surface area contributed by atoms with Gasteiger partial charge in [0.1, 0.15) is 6.61 Å². The molecule has 1 aromatic rings. The third-order valence-electron chi connectivity index (χ3n) is 1.24. The van der Waals surface area contributed by atoms with E-state index in [0.29, 0.717) is 0 Å². The molecule has 1 aromatic carbocycles. The van der Waals surface area contributed by atoms with Crippen molar-refractivity contribution in [2.75, 3.05) is 6.61 Å². The molecule has 0 aliphatic heterocycles. The second kappa shape index (κ2) is 26.2. The van der Waals surface area contributed by atoms with Gasteiger partial charge in [0.05, 0.1) is 5.60 Å². The molecule has 166 valence electrons. The number of carbonyl (C=O) groups is 1. The number of hydrogen-bond donors (Lipinski definition) is 4. The summed E-state index contributed by atoms with van der Waals surface area (Å²) >= 11 is 0. The first-order valence-electron chi connectivity index (χ1n) is 8.92. The van der Waals surface area contributed by atoms with Crippen LogP contribution in [0.5, 0.6) is 0 Å². The van der Waals surface area contributed by atoms with Crippen LogP contribution in [0.3, 0.4) is 0 Å². The number of ether oxygens (including phenoxy) is 1. The van der Waals surface area contributed by atoms with Crippen LogP contribution in [0, 0.1) is 6.07 Å².